The minimum Gasteiger partial charge on any atom is -0.396 e. The van der Waals surface area contributed by atoms with Crippen LogP contribution in [0, 0.1) is 0 Å². The number of para-hydroxylation sites is 1. The van der Waals surface area contributed by atoms with Crippen LogP contribution < -0.4 is 5.32 Å². The normalized spacial score (nSPS) is 10.6. The average molecular weight is 306 g/mol. The van der Waals surface area contributed by atoms with Crippen LogP contribution in [0.5, 0.6) is 0 Å². The van der Waals surface area contributed by atoms with E-state index in [0.717, 1.165) is 16.3 Å². The molecule has 7 heteroatoms. The van der Waals surface area contributed by atoms with Crippen molar-refractivity contribution in [2.24, 2.45) is 0 Å². The molecule has 0 saturated heterocycles. The number of nitrogens with zero attached hydrogens (tertiary/aromatic N) is 3. The molecule has 0 bridgehead atoms. The molecule has 1 aromatic heterocycles. The minimum atomic E-state index is -0.143. The highest BCUT2D eigenvalue weighted by molar-refractivity contribution is 7.98. The molecule has 1 heterocycles. The maximum Gasteiger partial charge on any atom is 0.246 e. The van der Waals surface area contributed by atoms with E-state index in [0.29, 0.717) is 12.8 Å². The first kappa shape index (κ1) is 15.5. The number of aromatic nitrogens is 3. The molecule has 0 spiro atoms. The van der Waals surface area contributed by atoms with Gasteiger partial charge in [-0.15, -0.1) is 16.9 Å². The fourth-order valence-electron chi connectivity index (χ4n) is 1.88. The van der Waals surface area contributed by atoms with E-state index >= 15 is 0 Å². The molecule has 2 N–H and O–H groups in total. The molecule has 0 radical (unpaired) electrons. The number of amides is 1. The van der Waals surface area contributed by atoms with Gasteiger partial charge in [-0.1, -0.05) is 17.3 Å². The van der Waals surface area contributed by atoms with Gasteiger partial charge in [0.15, 0.2) is 0 Å². The van der Waals surface area contributed by atoms with Gasteiger partial charge in [-0.25, -0.2) is 4.68 Å². The second-order valence-electron chi connectivity index (χ2n) is 4.48. The number of carbonyl (C=O) groups excluding carboxylic acids is 1. The quantitative estimate of drug-likeness (QED) is 0.759. The molecule has 0 fully saturated rings. The Hall–Kier alpha value is -1.86. The first-order chi connectivity index (χ1) is 10.2. The zero-order chi connectivity index (χ0) is 15.1. The van der Waals surface area contributed by atoms with Crippen molar-refractivity contribution in [1.82, 2.24) is 15.0 Å². The predicted octanol–water partition coefficient (Wildman–Crippen LogP) is 1.56. The summed E-state index contributed by atoms with van der Waals surface area (Å²) in [5, 5.41) is 19.5. The maximum absolute atomic E-state index is 12.0. The van der Waals surface area contributed by atoms with Crippen LogP contribution in [0.15, 0.2) is 35.4 Å². The van der Waals surface area contributed by atoms with Crippen molar-refractivity contribution in [2.45, 2.75) is 24.3 Å². The fraction of sp³-hybridized carbons (Fsp3) is 0.357. The Kier molecular flexibility index (Phi) is 5.77. The van der Waals surface area contributed by atoms with E-state index in [-0.39, 0.29) is 19.1 Å². The van der Waals surface area contributed by atoms with Gasteiger partial charge in [0.05, 0.1) is 11.4 Å². The predicted molar refractivity (Wildman–Crippen MR) is 82.3 cm³/mol. The summed E-state index contributed by atoms with van der Waals surface area (Å²) in [4.78, 5) is 13.0. The Morgan fingerprint density at radius 3 is 3.00 bits per heavy atom. The third-order valence-corrected chi connectivity index (χ3v) is 3.66. The SMILES string of the molecule is CSc1ccccc1NC(=O)Cn1cc(CCCO)nn1. The van der Waals surface area contributed by atoms with Gasteiger partial charge in [-0.2, -0.15) is 0 Å². The van der Waals surface area contributed by atoms with E-state index < -0.39 is 0 Å². The van der Waals surface area contributed by atoms with E-state index in [1.54, 1.807) is 18.0 Å². The monoisotopic (exact) mass is 306 g/mol. The first-order valence-electron chi connectivity index (χ1n) is 6.65. The molecule has 0 aliphatic heterocycles. The van der Waals surface area contributed by atoms with Gasteiger partial charge in [-0.05, 0) is 31.2 Å². The number of anilines is 1. The van der Waals surface area contributed by atoms with Gasteiger partial charge in [0.1, 0.15) is 6.54 Å². The lowest BCUT2D eigenvalue weighted by Gasteiger charge is -2.08. The van der Waals surface area contributed by atoms with E-state index in [9.17, 15) is 4.79 Å². The van der Waals surface area contributed by atoms with Gasteiger partial charge < -0.3 is 10.4 Å². The fourth-order valence-corrected chi connectivity index (χ4v) is 2.43. The summed E-state index contributed by atoms with van der Waals surface area (Å²) in [5.41, 5.74) is 1.58. The lowest BCUT2D eigenvalue weighted by Crippen LogP contribution is -2.19. The maximum atomic E-state index is 12.0. The Bertz CT molecular complexity index is 600. The number of hydrogen-bond acceptors (Lipinski definition) is 5. The summed E-state index contributed by atoms with van der Waals surface area (Å²) >= 11 is 1.58. The zero-order valence-electron chi connectivity index (χ0n) is 11.8. The number of aliphatic hydroxyl groups is 1. The van der Waals surface area contributed by atoms with Crippen LogP contribution in [-0.4, -0.2) is 38.9 Å². The third-order valence-electron chi connectivity index (χ3n) is 2.86. The smallest absolute Gasteiger partial charge is 0.246 e. The Balaban J connectivity index is 1.93. The highest BCUT2D eigenvalue weighted by Gasteiger charge is 2.08. The van der Waals surface area contributed by atoms with Crippen LogP contribution >= 0.6 is 11.8 Å². The molecule has 2 rings (SSSR count). The van der Waals surface area contributed by atoms with Gasteiger partial charge in [0, 0.05) is 17.7 Å². The molecule has 0 atom stereocenters. The van der Waals surface area contributed by atoms with E-state index in [4.69, 9.17) is 5.11 Å². The van der Waals surface area contributed by atoms with Crippen molar-refractivity contribution in [3.63, 3.8) is 0 Å². The molecule has 6 nitrogen and oxygen atoms in total. The molecule has 112 valence electrons. The molecule has 0 aliphatic rings. The minimum absolute atomic E-state index is 0.120. The van der Waals surface area contributed by atoms with Crippen molar-refractivity contribution in [1.29, 1.82) is 0 Å². The Morgan fingerprint density at radius 2 is 2.24 bits per heavy atom. The summed E-state index contributed by atoms with van der Waals surface area (Å²) < 4.78 is 1.50. The molecule has 21 heavy (non-hydrogen) atoms. The van der Waals surface area contributed by atoms with Crippen LogP contribution in [0.3, 0.4) is 0 Å². The highest BCUT2D eigenvalue weighted by atomic mass is 32.2. The summed E-state index contributed by atoms with van der Waals surface area (Å²) in [7, 11) is 0. The number of nitrogens with one attached hydrogen (secondary N) is 1. The summed E-state index contributed by atoms with van der Waals surface area (Å²) in [6.07, 6.45) is 5.00. The number of aryl methyl sites for hydroxylation is 1. The molecule has 0 aliphatic carbocycles. The first-order valence-corrected chi connectivity index (χ1v) is 7.88. The number of thioether (sulfide) groups is 1. The van der Waals surface area contributed by atoms with Crippen LogP contribution in [-0.2, 0) is 17.8 Å². The molecule has 0 unspecified atom stereocenters. The molecule has 1 aromatic carbocycles. The number of aliphatic hydroxyl groups excluding tert-OH is 1. The zero-order valence-corrected chi connectivity index (χ0v) is 12.6. The summed E-state index contributed by atoms with van der Waals surface area (Å²) in [5.74, 6) is -0.143. The Labute approximate surface area is 127 Å². The standard InChI is InChI=1S/C14H18N4O2S/c1-21-13-7-3-2-6-12(13)15-14(20)10-18-9-11(16-17-18)5-4-8-19/h2-3,6-7,9,19H,4-5,8,10H2,1H3,(H,15,20). The average Bonchev–Trinajstić information content (AvgIpc) is 2.93. The summed E-state index contributed by atoms with van der Waals surface area (Å²) in [6, 6.07) is 7.66. The summed E-state index contributed by atoms with van der Waals surface area (Å²) in [6.45, 7) is 0.244. The van der Waals surface area contributed by atoms with Crippen LogP contribution in [0.25, 0.3) is 0 Å². The third kappa shape index (κ3) is 4.57. The Morgan fingerprint density at radius 1 is 1.43 bits per heavy atom. The number of hydrogen-bond donors (Lipinski definition) is 2. The lowest BCUT2D eigenvalue weighted by molar-refractivity contribution is -0.116. The van der Waals surface area contributed by atoms with E-state index in [1.807, 2.05) is 30.5 Å². The van der Waals surface area contributed by atoms with E-state index in [2.05, 4.69) is 15.6 Å². The van der Waals surface area contributed by atoms with Crippen molar-refractivity contribution in [3.05, 3.63) is 36.2 Å². The second kappa shape index (κ2) is 7.80. The highest BCUT2D eigenvalue weighted by Crippen LogP contribution is 2.24. The van der Waals surface area contributed by atoms with Crippen molar-refractivity contribution in [3.8, 4) is 0 Å². The molecular weight excluding hydrogens is 288 g/mol. The number of carbonyl (C=O) groups is 1. The van der Waals surface area contributed by atoms with Crippen LogP contribution in [0.1, 0.15) is 12.1 Å². The lowest BCUT2D eigenvalue weighted by atomic mass is 10.3. The second-order valence-corrected chi connectivity index (χ2v) is 5.33. The molecular formula is C14H18N4O2S. The van der Waals surface area contributed by atoms with Crippen LogP contribution in [0.2, 0.25) is 0 Å². The largest absolute Gasteiger partial charge is 0.396 e. The topological polar surface area (TPSA) is 80.0 Å². The molecule has 1 amide bonds. The molecule has 0 saturated carbocycles. The van der Waals surface area contributed by atoms with Gasteiger partial charge in [-0.3, -0.25) is 4.79 Å². The van der Waals surface area contributed by atoms with Gasteiger partial charge in [0.2, 0.25) is 5.91 Å². The van der Waals surface area contributed by atoms with Gasteiger partial charge >= 0.3 is 0 Å². The number of benzene rings is 1. The van der Waals surface area contributed by atoms with Gasteiger partial charge in [0.25, 0.3) is 0 Å². The van der Waals surface area contributed by atoms with Crippen molar-refractivity contribution in [2.75, 3.05) is 18.2 Å². The van der Waals surface area contributed by atoms with Crippen molar-refractivity contribution < 1.29 is 9.90 Å². The van der Waals surface area contributed by atoms with Crippen molar-refractivity contribution >= 4 is 23.4 Å². The van der Waals surface area contributed by atoms with Crippen LogP contribution in [0.4, 0.5) is 5.69 Å². The number of rotatable bonds is 7. The van der Waals surface area contributed by atoms with E-state index in [1.165, 1.54) is 4.68 Å². The molecule has 2 aromatic rings.